The molecule has 0 unspecified atom stereocenters. The highest BCUT2D eigenvalue weighted by Gasteiger charge is 2.30. The zero-order chi connectivity index (χ0) is 18.8. The Morgan fingerprint density at radius 2 is 1.48 bits per heavy atom. The molecular weight excluding hydrogens is 402 g/mol. The number of hydrogen-bond acceptors (Lipinski definition) is 2. The summed E-state index contributed by atoms with van der Waals surface area (Å²) in [5, 5.41) is 7.02. The molecule has 0 saturated carbocycles. The van der Waals surface area contributed by atoms with Crippen molar-refractivity contribution in [3.05, 3.63) is 67.6 Å². The summed E-state index contributed by atoms with van der Waals surface area (Å²) in [7, 11) is 0. The number of rotatable bonds is 3. The van der Waals surface area contributed by atoms with E-state index < -0.39 is 11.4 Å². The van der Waals surface area contributed by atoms with Crippen LogP contribution in [0.5, 0.6) is 0 Å². The number of nitrogens with zero attached hydrogens (tertiary/aromatic N) is 2. The van der Waals surface area contributed by atoms with Gasteiger partial charge in [0.1, 0.15) is 0 Å². The Balaban J connectivity index is 2.41. The number of amides is 1. The Bertz CT molecular complexity index is 788. The molecule has 0 atom stereocenters. The summed E-state index contributed by atoms with van der Waals surface area (Å²) >= 11 is 24.1. The molecule has 0 radical (unpaired) electrons. The van der Waals surface area contributed by atoms with E-state index in [0.29, 0.717) is 10.0 Å². The van der Waals surface area contributed by atoms with E-state index in [1.165, 1.54) is 17.1 Å². The monoisotopic (exact) mass is 416 g/mol. The van der Waals surface area contributed by atoms with Gasteiger partial charge < -0.3 is 0 Å². The number of hydrogen-bond donors (Lipinski definition) is 0. The van der Waals surface area contributed by atoms with Crippen LogP contribution >= 0.6 is 46.4 Å². The van der Waals surface area contributed by atoms with Crippen molar-refractivity contribution >= 4 is 58.5 Å². The van der Waals surface area contributed by atoms with E-state index in [1.54, 1.807) is 30.5 Å². The van der Waals surface area contributed by atoms with Gasteiger partial charge in [0.25, 0.3) is 5.91 Å². The maximum Gasteiger partial charge on any atom is 0.277 e. The van der Waals surface area contributed by atoms with Crippen molar-refractivity contribution in [2.24, 2.45) is 5.10 Å². The fraction of sp³-hybridized carbons (Fsp3) is 0.222. The molecule has 0 aliphatic heterocycles. The average molecular weight is 418 g/mol. The van der Waals surface area contributed by atoms with Gasteiger partial charge in [-0.05, 0) is 50.6 Å². The van der Waals surface area contributed by atoms with Crippen molar-refractivity contribution in [1.82, 2.24) is 5.01 Å². The molecule has 3 nitrogen and oxygen atoms in total. The Kier molecular flexibility index (Phi) is 6.39. The van der Waals surface area contributed by atoms with Gasteiger partial charge >= 0.3 is 0 Å². The first-order chi connectivity index (χ1) is 11.6. The second-order valence-electron chi connectivity index (χ2n) is 6.33. The number of carbonyl (C=O) groups is 1. The van der Waals surface area contributed by atoms with Gasteiger partial charge in [-0.2, -0.15) is 5.10 Å². The van der Waals surface area contributed by atoms with Crippen LogP contribution in [0.1, 0.15) is 36.7 Å². The van der Waals surface area contributed by atoms with Gasteiger partial charge in [-0.1, -0.05) is 58.5 Å². The summed E-state index contributed by atoms with van der Waals surface area (Å²) in [6, 6.07) is 10.1. The predicted octanol–water partition coefficient (Wildman–Crippen LogP) is 6.58. The molecule has 2 aromatic rings. The van der Waals surface area contributed by atoms with Crippen LogP contribution in [0.15, 0.2) is 41.5 Å². The first-order valence-electron chi connectivity index (χ1n) is 7.38. The third-order valence-electron chi connectivity index (χ3n) is 3.24. The Labute approximate surface area is 167 Å². The molecule has 0 spiro atoms. The summed E-state index contributed by atoms with van der Waals surface area (Å²) in [5.74, 6) is -0.413. The molecule has 0 fully saturated rings. The predicted molar refractivity (Wildman–Crippen MR) is 106 cm³/mol. The van der Waals surface area contributed by atoms with E-state index in [1.807, 2.05) is 20.8 Å². The molecule has 0 N–H and O–H groups in total. The van der Waals surface area contributed by atoms with E-state index in [0.717, 1.165) is 5.56 Å². The minimum absolute atomic E-state index is 0.163. The van der Waals surface area contributed by atoms with Gasteiger partial charge in [-0.3, -0.25) is 4.79 Å². The summed E-state index contributed by atoms with van der Waals surface area (Å²) in [6.45, 7) is 5.59. The second kappa shape index (κ2) is 7.96. The topological polar surface area (TPSA) is 32.7 Å². The van der Waals surface area contributed by atoms with Crippen LogP contribution < -0.4 is 0 Å². The lowest BCUT2D eigenvalue weighted by molar-refractivity contribution is 0.0594. The number of carbonyl (C=O) groups excluding carboxylic acids is 1. The van der Waals surface area contributed by atoms with Crippen LogP contribution in [0.25, 0.3) is 0 Å². The van der Waals surface area contributed by atoms with Crippen LogP contribution in [-0.4, -0.2) is 22.7 Å². The molecule has 2 rings (SSSR count). The zero-order valence-corrected chi connectivity index (χ0v) is 16.9. The maximum absolute atomic E-state index is 13.0. The number of hydrazone groups is 1. The second-order valence-corrected chi connectivity index (χ2v) is 8.02. The Morgan fingerprint density at radius 3 is 1.96 bits per heavy atom. The van der Waals surface area contributed by atoms with Crippen molar-refractivity contribution in [2.45, 2.75) is 26.3 Å². The highest BCUT2D eigenvalue weighted by atomic mass is 35.5. The Morgan fingerprint density at radius 1 is 0.960 bits per heavy atom. The van der Waals surface area contributed by atoms with Crippen molar-refractivity contribution in [1.29, 1.82) is 0 Å². The van der Waals surface area contributed by atoms with Crippen molar-refractivity contribution < 1.29 is 4.79 Å². The minimum atomic E-state index is -0.591. The number of halogens is 4. The highest BCUT2D eigenvalue weighted by Crippen LogP contribution is 2.31. The number of benzene rings is 2. The van der Waals surface area contributed by atoms with Crippen LogP contribution in [0.2, 0.25) is 20.1 Å². The van der Waals surface area contributed by atoms with Crippen LogP contribution in [0.3, 0.4) is 0 Å². The molecule has 7 heteroatoms. The lowest BCUT2D eigenvalue weighted by Gasteiger charge is -2.31. The molecule has 132 valence electrons. The third-order valence-corrected chi connectivity index (χ3v) is 4.31. The molecular formula is C18H16Cl4N2O. The van der Waals surface area contributed by atoms with E-state index in [-0.39, 0.29) is 15.6 Å². The molecule has 0 heterocycles. The van der Waals surface area contributed by atoms with E-state index >= 15 is 0 Å². The lowest BCUT2D eigenvalue weighted by Crippen LogP contribution is -2.42. The van der Waals surface area contributed by atoms with Crippen molar-refractivity contribution in [3.8, 4) is 0 Å². The average Bonchev–Trinajstić information content (AvgIpc) is 2.47. The lowest BCUT2D eigenvalue weighted by atomic mass is 10.1. The molecule has 25 heavy (non-hydrogen) atoms. The van der Waals surface area contributed by atoms with Gasteiger partial charge in [0, 0.05) is 10.0 Å². The van der Waals surface area contributed by atoms with Gasteiger partial charge in [0.05, 0.1) is 27.4 Å². The Hall–Kier alpha value is -1.26. The van der Waals surface area contributed by atoms with Crippen LogP contribution in [0, 0.1) is 0 Å². The fourth-order valence-corrected chi connectivity index (χ4v) is 3.16. The normalized spacial score (nSPS) is 11.8. The minimum Gasteiger partial charge on any atom is -0.267 e. The van der Waals surface area contributed by atoms with E-state index in [9.17, 15) is 4.79 Å². The van der Waals surface area contributed by atoms with Gasteiger partial charge in [-0.25, -0.2) is 5.01 Å². The first kappa shape index (κ1) is 20.1. The molecule has 0 aliphatic carbocycles. The largest absolute Gasteiger partial charge is 0.277 e. The van der Waals surface area contributed by atoms with Gasteiger partial charge in [-0.15, -0.1) is 0 Å². The molecule has 2 aromatic carbocycles. The van der Waals surface area contributed by atoms with E-state index in [4.69, 9.17) is 46.4 Å². The molecule has 1 amide bonds. The molecule has 0 aliphatic rings. The quantitative estimate of drug-likeness (QED) is 0.410. The molecule has 0 bridgehead atoms. The van der Waals surface area contributed by atoms with E-state index in [2.05, 4.69) is 5.10 Å². The first-order valence-corrected chi connectivity index (χ1v) is 8.89. The summed E-state index contributed by atoms with van der Waals surface area (Å²) in [4.78, 5) is 13.0. The summed E-state index contributed by atoms with van der Waals surface area (Å²) in [5.41, 5.74) is 0.377. The maximum atomic E-state index is 13.0. The SMILES string of the molecule is CC(C)(C)N(/N=C/c1ccc(Cl)cc1)C(=O)c1c(Cl)cc(Cl)cc1Cl. The van der Waals surface area contributed by atoms with Crippen LogP contribution in [0.4, 0.5) is 0 Å². The standard InChI is InChI=1S/C18H16Cl4N2O/c1-18(2,3)24(23-10-11-4-6-12(19)7-5-11)17(25)16-14(21)8-13(20)9-15(16)22/h4-10H,1-3H3/b23-10+. The van der Waals surface area contributed by atoms with Gasteiger partial charge in [0.15, 0.2) is 0 Å². The molecule has 0 saturated heterocycles. The highest BCUT2D eigenvalue weighted by molar-refractivity contribution is 6.42. The fourth-order valence-electron chi connectivity index (χ4n) is 2.06. The zero-order valence-electron chi connectivity index (χ0n) is 13.9. The summed E-state index contributed by atoms with van der Waals surface area (Å²) in [6.07, 6.45) is 1.58. The van der Waals surface area contributed by atoms with Gasteiger partial charge in [0.2, 0.25) is 0 Å². The summed E-state index contributed by atoms with van der Waals surface area (Å²) < 4.78 is 0. The molecule has 0 aromatic heterocycles. The van der Waals surface area contributed by atoms with Crippen molar-refractivity contribution in [2.75, 3.05) is 0 Å². The smallest absolute Gasteiger partial charge is 0.267 e. The third kappa shape index (κ3) is 5.11. The van der Waals surface area contributed by atoms with Crippen molar-refractivity contribution in [3.63, 3.8) is 0 Å². The van der Waals surface area contributed by atoms with Crippen LogP contribution in [-0.2, 0) is 0 Å².